The summed E-state index contributed by atoms with van der Waals surface area (Å²) in [5, 5.41) is 0. The summed E-state index contributed by atoms with van der Waals surface area (Å²) in [5.74, 6) is 0.115. The fourth-order valence-electron chi connectivity index (χ4n) is 3.86. The van der Waals surface area contributed by atoms with Gasteiger partial charge in [0.05, 0.1) is 5.75 Å². The Hall–Kier alpha value is -0.820. The fourth-order valence-corrected chi connectivity index (χ4v) is 5.72. The summed E-state index contributed by atoms with van der Waals surface area (Å²) < 4.78 is 32.8. The van der Waals surface area contributed by atoms with E-state index in [0.29, 0.717) is 13.1 Å². The van der Waals surface area contributed by atoms with Crippen LogP contribution in [0.15, 0.2) is 0 Å². The number of carbonyl (C=O) groups is 1. The number of hydrogen-bond donors (Lipinski definition) is 1. The molecule has 0 spiro atoms. The van der Waals surface area contributed by atoms with E-state index in [-0.39, 0.29) is 23.3 Å². The molecule has 0 bridgehead atoms. The van der Waals surface area contributed by atoms with Crippen LogP contribution in [0.3, 0.4) is 0 Å². The van der Waals surface area contributed by atoms with Crippen molar-refractivity contribution in [1.82, 2.24) is 9.62 Å². The van der Waals surface area contributed by atoms with Crippen molar-refractivity contribution >= 4 is 16.1 Å². The van der Waals surface area contributed by atoms with Gasteiger partial charge in [-0.15, -0.1) is 0 Å². The Kier molecular flexibility index (Phi) is 5.31. The number of fused-ring (bicyclic) bond motifs is 1. The van der Waals surface area contributed by atoms with Crippen LogP contribution in [0.4, 0.5) is 4.79 Å². The van der Waals surface area contributed by atoms with Gasteiger partial charge in [-0.05, 0) is 46.5 Å². The van der Waals surface area contributed by atoms with Crippen LogP contribution in [0.1, 0.15) is 59.8 Å². The van der Waals surface area contributed by atoms with Crippen LogP contribution in [0.5, 0.6) is 0 Å². The summed E-state index contributed by atoms with van der Waals surface area (Å²) in [7, 11) is -3.30. The van der Waals surface area contributed by atoms with E-state index in [0.717, 1.165) is 32.1 Å². The molecule has 6 nitrogen and oxygen atoms in total. The Morgan fingerprint density at radius 3 is 2.65 bits per heavy atom. The minimum Gasteiger partial charge on any atom is -0.444 e. The van der Waals surface area contributed by atoms with Crippen LogP contribution in [-0.4, -0.2) is 49.9 Å². The Balaban J connectivity index is 2.10. The van der Waals surface area contributed by atoms with Gasteiger partial charge in [0.2, 0.25) is 10.0 Å². The largest absolute Gasteiger partial charge is 0.444 e. The highest BCUT2D eigenvalue weighted by atomic mass is 32.2. The average molecular weight is 346 g/mol. The van der Waals surface area contributed by atoms with Crippen molar-refractivity contribution in [3.63, 3.8) is 0 Å². The van der Waals surface area contributed by atoms with Gasteiger partial charge in [-0.1, -0.05) is 13.3 Å². The molecule has 0 radical (unpaired) electrons. The maximum atomic E-state index is 12.4. The third kappa shape index (κ3) is 4.38. The molecule has 2 fully saturated rings. The Labute approximate surface area is 140 Å². The second-order valence-electron chi connectivity index (χ2n) is 7.85. The molecule has 1 N–H and O–H groups in total. The molecule has 2 aliphatic rings. The summed E-state index contributed by atoms with van der Waals surface area (Å²) >= 11 is 0. The van der Waals surface area contributed by atoms with E-state index in [1.807, 2.05) is 27.7 Å². The molecule has 23 heavy (non-hydrogen) atoms. The number of ether oxygens (including phenoxy) is 1. The number of nitrogens with zero attached hydrogens (tertiary/aromatic N) is 1. The first kappa shape index (κ1) is 18.5. The Morgan fingerprint density at radius 1 is 1.35 bits per heavy atom. The number of carbonyl (C=O) groups excluding carboxylic acids is 1. The van der Waals surface area contributed by atoms with E-state index in [1.54, 1.807) is 4.90 Å². The molecule has 1 aliphatic carbocycles. The Morgan fingerprint density at radius 2 is 2.04 bits per heavy atom. The quantitative estimate of drug-likeness (QED) is 0.830. The van der Waals surface area contributed by atoms with Crippen LogP contribution >= 0.6 is 0 Å². The predicted molar refractivity (Wildman–Crippen MR) is 89.7 cm³/mol. The van der Waals surface area contributed by atoms with Gasteiger partial charge in [-0.25, -0.2) is 17.9 Å². The molecule has 7 heteroatoms. The molecular formula is C16H30N2O4S. The van der Waals surface area contributed by atoms with Crippen molar-refractivity contribution in [3.05, 3.63) is 0 Å². The molecule has 1 aliphatic heterocycles. The summed E-state index contributed by atoms with van der Waals surface area (Å²) in [5.41, 5.74) is -0.841. The van der Waals surface area contributed by atoms with Crippen molar-refractivity contribution in [2.24, 2.45) is 5.41 Å². The zero-order chi connectivity index (χ0) is 17.3. The zero-order valence-electron chi connectivity index (χ0n) is 14.7. The molecule has 0 aromatic carbocycles. The molecule has 1 saturated carbocycles. The van der Waals surface area contributed by atoms with E-state index < -0.39 is 15.6 Å². The number of amides is 1. The number of sulfonamides is 1. The van der Waals surface area contributed by atoms with Gasteiger partial charge in [-0.2, -0.15) is 0 Å². The topological polar surface area (TPSA) is 75.7 Å². The molecule has 0 aromatic heterocycles. The molecule has 2 atom stereocenters. The summed E-state index contributed by atoms with van der Waals surface area (Å²) in [6.45, 7) is 8.55. The predicted octanol–water partition coefficient (Wildman–Crippen LogP) is 2.50. The van der Waals surface area contributed by atoms with Gasteiger partial charge in [0.1, 0.15) is 5.60 Å². The molecule has 1 saturated heterocycles. The first-order chi connectivity index (χ1) is 10.6. The number of rotatable bonds is 5. The van der Waals surface area contributed by atoms with Gasteiger partial charge in [0.25, 0.3) is 0 Å². The van der Waals surface area contributed by atoms with Gasteiger partial charge in [0, 0.05) is 24.5 Å². The lowest BCUT2D eigenvalue weighted by atomic mass is 9.84. The third-order valence-electron chi connectivity index (χ3n) is 4.76. The van der Waals surface area contributed by atoms with E-state index in [4.69, 9.17) is 4.74 Å². The van der Waals surface area contributed by atoms with E-state index in [9.17, 15) is 13.2 Å². The number of likely N-dealkylation sites (tertiary alicyclic amines) is 1. The second-order valence-corrected chi connectivity index (χ2v) is 9.65. The van der Waals surface area contributed by atoms with E-state index >= 15 is 0 Å². The lowest BCUT2D eigenvalue weighted by molar-refractivity contribution is 0.0195. The molecule has 2 rings (SSSR count). The lowest BCUT2D eigenvalue weighted by Crippen LogP contribution is -2.45. The van der Waals surface area contributed by atoms with Crippen LogP contribution in [-0.2, 0) is 14.8 Å². The molecule has 134 valence electrons. The lowest BCUT2D eigenvalue weighted by Gasteiger charge is -2.33. The van der Waals surface area contributed by atoms with Crippen LogP contribution < -0.4 is 4.72 Å². The molecule has 1 heterocycles. The van der Waals surface area contributed by atoms with E-state index in [1.165, 1.54) is 0 Å². The smallest absolute Gasteiger partial charge is 0.410 e. The zero-order valence-corrected chi connectivity index (χ0v) is 15.5. The Bertz CT molecular complexity index is 541. The highest BCUT2D eigenvalue weighted by Crippen LogP contribution is 2.49. The standard InChI is InChI=1S/C16H30N2O4S/c1-5-10-17-23(20,21)12-16-8-6-7-13(16)18(11-9-16)14(19)22-15(2,3)4/h13,17H,5-12H2,1-4H3. The second kappa shape index (κ2) is 6.59. The maximum absolute atomic E-state index is 12.4. The minimum absolute atomic E-state index is 0.0180. The van der Waals surface area contributed by atoms with Crippen molar-refractivity contribution in [1.29, 1.82) is 0 Å². The number of nitrogens with one attached hydrogen (secondary N) is 1. The van der Waals surface area contributed by atoms with Crippen molar-refractivity contribution in [3.8, 4) is 0 Å². The number of hydrogen-bond acceptors (Lipinski definition) is 4. The van der Waals surface area contributed by atoms with Crippen LogP contribution in [0.2, 0.25) is 0 Å². The van der Waals surface area contributed by atoms with Gasteiger partial charge in [-0.3, -0.25) is 0 Å². The fraction of sp³-hybridized carbons (Fsp3) is 0.938. The molecule has 1 amide bonds. The third-order valence-corrected chi connectivity index (χ3v) is 6.36. The minimum atomic E-state index is -3.30. The van der Waals surface area contributed by atoms with Gasteiger partial charge < -0.3 is 9.64 Å². The van der Waals surface area contributed by atoms with Gasteiger partial charge >= 0.3 is 6.09 Å². The first-order valence-corrected chi connectivity index (χ1v) is 10.2. The average Bonchev–Trinajstić information content (AvgIpc) is 2.91. The molecule has 2 unspecified atom stereocenters. The van der Waals surface area contributed by atoms with Crippen molar-refractivity contribution in [2.45, 2.75) is 71.4 Å². The van der Waals surface area contributed by atoms with Crippen molar-refractivity contribution in [2.75, 3.05) is 18.8 Å². The summed E-state index contributed by atoms with van der Waals surface area (Å²) in [6.07, 6.45) is 3.90. The molecular weight excluding hydrogens is 316 g/mol. The normalized spacial score (nSPS) is 28.0. The van der Waals surface area contributed by atoms with Gasteiger partial charge in [0.15, 0.2) is 0 Å². The van der Waals surface area contributed by atoms with Crippen LogP contribution in [0, 0.1) is 5.41 Å². The molecule has 0 aromatic rings. The summed E-state index contributed by atoms with van der Waals surface area (Å²) in [4.78, 5) is 14.2. The SMILES string of the molecule is CCCNS(=O)(=O)CC12CCCC1N(C(=O)OC(C)(C)C)CC2. The summed E-state index contributed by atoms with van der Waals surface area (Å²) in [6, 6.07) is -0.0180. The highest BCUT2D eigenvalue weighted by molar-refractivity contribution is 7.89. The van der Waals surface area contributed by atoms with E-state index in [2.05, 4.69) is 4.72 Å². The first-order valence-electron chi connectivity index (χ1n) is 8.55. The monoisotopic (exact) mass is 346 g/mol. The van der Waals surface area contributed by atoms with Crippen molar-refractivity contribution < 1.29 is 17.9 Å². The van der Waals surface area contributed by atoms with Crippen LogP contribution in [0.25, 0.3) is 0 Å². The highest BCUT2D eigenvalue weighted by Gasteiger charge is 2.54. The maximum Gasteiger partial charge on any atom is 0.410 e.